The minimum absolute atomic E-state index is 0.102. The normalized spacial score (nSPS) is 47.6. The molecule has 5 aliphatic rings. The Labute approximate surface area is 177 Å². The van der Waals surface area contributed by atoms with E-state index in [1.807, 2.05) is 0 Å². The van der Waals surface area contributed by atoms with Gasteiger partial charge in [0.2, 0.25) is 0 Å². The summed E-state index contributed by atoms with van der Waals surface area (Å²) in [6.07, 6.45) is 16.6. The predicted molar refractivity (Wildman–Crippen MR) is 117 cm³/mol. The zero-order valence-electron chi connectivity index (χ0n) is 19.0. The van der Waals surface area contributed by atoms with Crippen LogP contribution in [0, 0.1) is 46.3 Å². The van der Waals surface area contributed by atoms with Crippen LogP contribution in [0.3, 0.4) is 0 Å². The first-order valence-electron chi connectivity index (χ1n) is 12.7. The molecule has 0 heterocycles. The summed E-state index contributed by atoms with van der Waals surface area (Å²) in [5.74, 6) is 5.04. The lowest BCUT2D eigenvalue weighted by Crippen LogP contribution is -2.50. The Hall–Kier alpha value is -0.630. The first kappa shape index (κ1) is 20.3. The smallest absolute Gasteiger partial charge is 0.135 e. The number of fused-ring (bicyclic) bond motifs is 5. The second-order valence-corrected chi connectivity index (χ2v) is 12.1. The Morgan fingerprint density at radius 3 is 2.66 bits per heavy atom. The van der Waals surface area contributed by atoms with Crippen LogP contribution in [0.1, 0.15) is 97.8 Å². The van der Waals surface area contributed by atoms with Crippen LogP contribution in [-0.4, -0.2) is 17.0 Å². The van der Waals surface area contributed by atoms with Crippen molar-refractivity contribution in [3.8, 4) is 0 Å². The fourth-order valence-electron chi connectivity index (χ4n) is 8.80. The summed E-state index contributed by atoms with van der Waals surface area (Å²) >= 11 is 0. The van der Waals surface area contributed by atoms with Crippen LogP contribution in [0.15, 0.2) is 11.6 Å². The maximum absolute atomic E-state index is 12.2. The van der Waals surface area contributed by atoms with E-state index >= 15 is 0 Å². The molecule has 2 nitrogen and oxygen atoms in total. The number of rotatable bonds is 5. The highest BCUT2D eigenvalue weighted by Gasteiger charge is 2.59. The van der Waals surface area contributed by atoms with Gasteiger partial charge in [-0.25, -0.2) is 0 Å². The zero-order valence-corrected chi connectivity index (χ0v) is 19.0. The first-order valence-corrected chi connectivity index (χ1v) is 12.7. The van der Waals surface area contributed by atoms with E-state index < -0.39 is 0 Å². The Bertz CT molecular complexity index is 691. The van der Waals surface area contributed by atoms with E-state index in [9.17, 15) is 9.90 Å². The second kappa shape index (κ2) is 7.21. The third-order valence-electron chi connectivity index (χ3n) is 10.7. The van der Waals surface area contributed by atoms with Crippen LogP contribution in [0.4, 0.5) is 0 Å². The van der Waals surface area contributed by atoms with Crippen molar-refractivity contribution in [1.82, 2.24) is 0 Å². The molecule has 4 fully saturated rings. The lowest BCUT2D eigenvalue weighted by Gasteiger charge is -2.58. The van der Waals surface area contributed by atoms with Gasteiger partial charge in [0.05, 0.1) is 6.10 Å². The Balaban J connectivity index is 1.31. The average molecular weight is 399 g/mol. The molecule has 0 bridgehead atoms. The summed E-state index contributed by atoms with van der Waals surface area (Å²) in [5, 5.41) is 10.2. The van der Waals surface area contributed by atoms with Crippen molar-refractivity contribution in [2.45, 2.75) is 104 Å². The molecular weight excluding hydrogens is 356 g/mol. The first-order chi connectivity index (χ1) is 13.8. The standard InChI is InChI=1S/C27H42O2/c1-17(4-11-25(29)18-5-6-18)22-9-10-23-21-8-7-19-16-20(28)12-14-26(19,2)24(21)13-15-27(22,23)3/h7,17-18,20-24,28H,4-6,8-16H2,1-3H3/t17-,20+,21+,22-,23+,24+,26+,27-/m1/s1. The third-order valence-corrected chi connectivity index (χ3v) is 10.7. The Kier molecular flexibility index (Phi) is 5.04. The van der Waals surface area contributed by atoms with Crippen molar-refractivity contribution in [2.75, 3.05) is 0 Å². The van der Waals surface area contributed by atoms with Gasteiger partial charge in [0.15, 0.2) is 0 Å². The number of hydrogen-bond acceptors (Lipinski definition) is 2. The van der Waals surface area contributed by atoms with Crippen LogP contribution in [0.2, 0.25) is 0 Å². The maximum atomic E-state index is 12.2. The van der Waals surface area contributed by atoms with Gasteiger partial charge in [-0.3, -0.25) is 4.79 Å². The molecule has 162 valence electrons. The van der Waals surface area contributed by atoms with Gasteiger partial charge >= 0.3 is 0 Å². The predicted octanol–water partition coefficient (Wildman–Crippen LogP) is 6.32. The number of hydrogen-bond donors (Lipinski definition) is 1. The molecule has 0 saturated heterocycles. The fourth-order valence-corrected chi connectivity index (χ4v) is 8.80. The summed E-state index contributed by atoms with van der Waals surface area (Å²) in [4.78, 5) is 12.2. The van der Waals surface area contributed by atoms with E-state index in [1.54, 1.807) is 5.57 Å². The molecule has 0 radical (unpaired) electrons. The van der Waals surface area contributed by atoms with Crippen LogP contribution in [-0.2, 0) is 4.79 Å². The van der Waals surface area contributed by atoms with Gasteiger partial charge in [0.1, 0.15) is 5.78 Å². The molecule has 5 aliphatic carbocycles. The minimum Gasteiger partial charge on any atom is -0.393 e. The Morgan fingerprint density at radius 2 is 1.90 bits per heavy atom. The number of allylic oxidation sites excluding steroid dienone is 1. The zero-order chi connectivity index (χ0) is 20.4. The highest BCUT2D eigenvalue weighted by Crippen LogP contribution is 2.67. The van der Waals surface area contributed by atoms with E-state index in [0.717, 1.165) is 62.2 Å². The highest BCUT2D eigenvalue weighted by molar-refractivity contribution is 5.83. The lowest BCUT2D eigenvalue weighted by molar-refractivity contribution is -0.120. The van der Waals surface area contributed by atoms with Gasteiger partial charge in [-0.05, 0) is 111 Å². The molecule has 0 aliphatic heterocycles. The highest BCUT2D eigenvalue weighted by atomic mass is 16.3. The number of ketones is 1. The molecule has 4 saturated carbocycles. The molecule has 0 aromatic heterocycles. The van der Waals surface area contributed by atoms with Gasteiger partial charge in [0, 0.05) is 12.3 Å². The molecule has 0 aromatic rings. The molecule has 29 heavy (non-hydrogen) atoms. The molecule has 0 aromatic carbocycles. The molecule has 5 rings (SSSR count). The van der Waals surface area contributed by atoms with Crippen LogP contribution >= 0.6 is 0 Å². The summed E-state index contributed by atoms with van der Waals surface area (Å²) in [7, 11) is 0. The molecule has 8 atom stereocenters. The largest absolute Gasteiger partial charge is 0.393 e. The van der Waals surface area contributed by atoms with E-state index in [0.29, 0.717) is 28.4 Å². The maximum Gasteiger partial charge on any atom is 0.135 e. The monoisotopic (exact) mass is 398 g/mol. The molecule has 1 N–H and O–H groups in total. The number of aliphatic hydroxyl groups excluding tert-OH is 1. The number of aliphatic hydroxyl groups is 1. The van der Waals surface area contributed by atoms with Crippen molar-refractivity contribution in [3.63, 3.8) is 0 Å². The average Bonchev–Trinajstić information content (AvgIpc) is 3.48. The van der Waals surface area contributed by atoms with Crippen LogP contribution in [0.25, 0.3) is 0 Å². The van der Waals surface area contributed by atoms with Gasteiger partial charge < -0.3 is 5.11 Å². The van der Waals surface area contributed by atoms with Gasteiger partial charge in [0.25, 0.3) is 0 Å². The van der Waals surface area contributed by atoms with Crippen molar-refractivity contribution in [3.05, 3.63) is 11.6 Å². The summed E-state index contributed by atoms with van der Waals surface area (Å²) in [5.41, 5.74) is 2.42. The quantitative estimate of drug-likeness (QED) is 0.550. The van der Waals surface area contributed by atoms with E-state index in [4.69, 9.17) is 0 Å². The topological polar surface area (TPSA) is 37.3 Å². The number of carbonyl (C=O) groups is 1. The summed E-state index contributed by atoms with van der Waals surface area (Å²) < 4.78 is 0. The number of Topliss-reactive ketones (excluding diaryl/α,β-unsaturated/α-hetero) is 1. The second-order valence-electron chi connectivity index (χ2n) is 12.1. The molecule has 0 spiro atoms. The SMILES string of the molecule is C[C@H](CCC(=O)C1CC1)[C@H]1CC[C@H]2[C@@H]3CC=C4C[C@@H](O)CC[C@]4(C)[C@H]3CC[C@]12C. The van der Waals surface area contributed by atoms with E-state index in [1.165, 1.54) is 38.5 Å². The van der Waals surface area contributed by atoms with Crippen molar-refractivity contribution >= 4 is 5.78 Å². The van der Waals surface area contributed by atoms with Gasteiger partial charge in [-0.2, -0.15) is 0 Å². The molecule has 0 amide bonds. The van der Waals surface area contributed by atoms with Gasteiger partial charge in [-0.1, -0.05) is 32.4 Å². The van der Waals surface area contributed by atoms with Crippen molar-refractivity contribution in [2.24, 2.45) is 46.3 Å². The molecular formula is C27H42O2. The minimum atomic E-state index is -0.102. The summed E-state index contributed by atoms with van der Waals surface area (Å²) in [6.45, 7) is 7.60. The van der Waals surface area contributed by atoms with Crippen molar-refractivity contribution in [1.29, 1.82) is 0 Å². The summed E-state index contributed by atoms with van der Waals surface area (Å²) in [6, 6.07) is 0. The Morgan fingerprint density at radius 1 is 1.10 bits per heavy atom. The third kappa shape index (κ3) is 3.27. The number of carbonyl (C=O) groups excluding carboxylic acids is 1. The lowest BCUT2D eigenvalue weighted by atomic mass is 9.47. The van der Waals surface area contributed by atoms with Crippen LogP contribution in [0.5, 0.6) is 0 Å². The van der Waals surface area contributed by atoms with Crippen molar-refractivity contribution < 1.29 is 9.90 Å². The van der Waals surface area contributed by atoms with Crippen LogP contribution < -0.4 is 0 Å². The fraction of sp³-hybridized carbons (Fsp3) is 0.889. The van der Waals surface area contributed by atoms with E-state index in [-0.39, 0.29) is 6.10 Å². The van der Waals surface area contributed by atoms with Gasteiger partial charge in [-0.15, -0.1) is 0 Å². The molecule has 0 unspecified atom stereocenters. The molecule has 2 heteroatoms. The van der Waals surface area contributed by atoms with E-state index in [2.05, 4.69) is 26.8 Å².